The minimum absolute atomic E-state index is 0.0634. The summed E-state index contributed by atoms with van der Waals surface area (Å²) in [6.07, 6.45) is 2.52. The molecule has 3 N–H and O–H groups in total. The van der Waals surface area contributed by atoms with Gasteiger partial charge in [0.15, 0.2) is 0 Å². The molecule has 0 saturated heterocycles. The molecule has 0 unspecified atom stereocenters. The number of nitrogens with one attached hydrogen (secondary N) is 1. The second-order valence-electron chi connectivity index (χ2n) is 3.39. The Morgan fingerprint density at radius 1 is 1.61 bits per heavy atom. The summed E-state index contributed by atoms with van der Waals surface area (Å²) in [5.74, 6) is 4.65. The van der Waals surface area contributed by atoms with Crippen molar-refractivity contribution in [3.05, 3.63) is 44.4 Å². The van der Waals surface area contributed by atoms with E-state index in [9.17, 15) is 14.9 Å². The van der Waals surface area contributed by atoms with Crippen molar-refractivity contribution in [3.63, 3.8) is 0 Å². The first-order valence-corrected chi connectivity index (χ1v) is 5.68. The largest absolute Gasteiger partial charge is 0.307 e. The van der Waals surface area contributed by atoms with Crippen LogP contribution >= 0.6 is 11.3 Å². The average molecular weight is 267 g/mol. The van der Waals surface area contributed by atoms with Crippen LogP contribution in [-0.2, 0) is 6.54 Å². The topological polar surface area (TPSA) is 116 Å². The minimum atomic E-state index is -0.509. The first kappa shape index (κ1) is 12.2. The molecule has 0 fully saturated rings. The number of aromatic nitrogens is 2. The van der Waals surface area contributed by atoms with Crippen LogP contribution < -0.4 is 11.3 Å². The highest BCUT2D eigenvalue weighted by Gasteiger charge is 2.11. The lowest BCUT2D eigenvalue weighted by molar-refractivity contribution is -0.385. The van der Waals surface area contributed by atoms with E-state index < -0.39 is 4.92 Å². The normalized spacial score (nSPS) is 10.3. The van der Waals surface area contributed by atoms with E-state index in [4.69, 9.17) is 5.84 Å². The summed E-state index contributed by atoms with van der Waals surface area (Å²) in [4.78, 5) is 22.5. The number of nitrogen functional groups attached to an aromatic ring is 1. The van der Waals surface area contributed by atoms with E-state index in [0.717, 1.165) is 4.88 Å². The quantitative estimate of drug-likeness (QED) is 0.362. The van der Waals surface area contributed by atoms with E-state index >= 15 is 0 Å². The number of carbonyl (C=O) groups is 1. The van der Waals surface area contributed by atoms with Gasteiger partial charge in [-0.1, -0.05) is 0 Å². The van der Waals surface area contributed by atoms with Gasteiger partial charge in [-0.05, 0) is 12.1 Å². The summed E-state index contributed by atoms with van der Waals surface area (Å²) in [6, 6.07) is 3.39. The molecule has 0 saturated carbocycles. The number of nitrogens with two attached hydrogens (primary N) is 1. The van der Waals surface area contributed by atoms with Crippen molar-refractivity contribution >= 4 is 22.9 Å². The van der Waals surface area contributed by atoms with Gasteiger partial charge < -0.3 is 0 Å². The molecule has 94 valence electrons. The van der Waals surface area contributed by atoms with Gasteiger partial charge in [-0.2, -0.15) is 5.10 Å². The molecule has 0 atom stereocenters. The number of amides is 1. The highest BCUT2D eigenvalue weighted by atomic mass is 32.1. The van der Waals surface area contributed by atoms with Gasteiger partial charge in [0.1, 0.15) is 12.4 Å². The molecule has 0 aromatic carbocycles. The van der Waals surface area contributed by atoms with Gasteiger partial charge >= 0.3 is 5.69 Å². The van der Waals surface area contributed by atoms with E-state index in [2.05, 4.69) is 5.10 Å². The van der Waals surface area contributed by atoms with Crippen molar-refractivity contribution in [3.8, 4) is 0 Å². The number of nitrogens with zero attached hydrogens (tertiary/aromatic N) is 3. The third-order valence-corrected chi connectivity index (χ3v) is 3.23. The molecule has 2 aromatic rings. The Bertz CT molecular complexity index is 591. The second kappa shape index (κ2) is 4.94. The molecule has 18 heavy (non-hydrogen) atoms. The summed E-state index contributed by atoms with van der Waals surface area (Å²) in [7, 11) is 0. The molecule has 2 aromatic heterocycles. The van der Waals surface area contributed by atoms with Crippen LogP contribution in [0.3, 0.4) is 0 Å². The summed E-state index contributed by atoms with van der Waals surface area (Å²) >= 11 is 1.26. The Kier molecular flexibility index (Phi) is 3.35. The smallest absolute Gasteiger partial charge is 0.289 e. The fourth-order valence-corrected chi connectivity index (χ4v) is 2.25. The van der Waals surface area contributed by atoms with Crippen LogP contribution in [0.5, 0.6) is 0 Å². The van der Waals surface area contributed by atoms with E-state index in [1.54, 1.807) is 12.1 Å². The molecule has 2 heterocycles. The lowest BCUT2D eigenvalue weighted by Gasteiger charge is -1.96. The predicted molar refractivity (Wildman–Crippen MR) is 64.0 cm³/mol. The average Bonchev–Trinajstić information content (AvgIpc) is 2.98. The zero-order valence-electron chi connectivity index (χ0n) is 9.07. The molecule has 0 spiro atoms. The Balaban J connectivity index is 2.11. The van der Waals surface area contributed by atoms with Gasteiger partial charge in [0, 0.05) is 4.88 Å². The molecular weight excluding hydrogens is 258 g/mol. The Morgan fingerprint density at radius 3 is 3.00 bits per heavy atom. The van der Waals surface area contributed by atoms with Crippen LogP contribution in [0.2, 0.25) is 0 Å². The van der Waals surface area contributed by atoms with Gasteiger partial charge in [0.05, 0.1) is 16.3 Å². The van der Waals surface area contributed by atoms with Crippen LogP contribution in [0.15, 0.2) is 24.5 Å². The third kappa shape index (κ3) is 2.52. The molecule has 2 rings (SSSR count). The molecule has 0 aliphatic carbocycles. The van der Waals surface area contributed by atoms with Crippen LogP contribution in [0.1, 0.15) is 14.5 Å². The van der Waals surface area contributed by atoms with Crippen molar-refractivity contribution in [1.82, 2.24) is 15.2 Å². The fourth-order valence-electron chi connectivity index (χ4n) is 1.35. The lowest BCUT2D eigenvalue weighted by atomic mass is 10.4. The lowest BCUT2D eigenvalue weighted by Crippen LogP contribution is -2.29. The van der Waals surface area contributed by atoms with Crippen molar-refractivity contribution in [2.45, 2.75) is 6.54 Å². The van der Waals surface area contributed by atoms with Gasteiger partial charge in [-0.25, -0.2) is 5.84 Å². The highest BCUT2D eigenvalue weighted by molar-refractivity contribution is 7.14. The van der Waals surface area contributed by atoms with Crippen molar-refractivity contribution in [1.29, 1.82) is 0 Å². The number of hydrogen-bond acceptors (Lipinski definition) is 6. The number of carbonyl (C=O) groups excluding carboxylic acids is 1. The standard InChI is InChI=1S/C9H9N5O3S/c10-12-9(15)8-2-1-7(18-8)5-13-4-6(3-11-13)14(16)17/h1-4H,5,10H2,(H,12,15). The van der Waals surface area contributed by atoms with Crippen molar-refractivity contribution in [2.24, 2.45) is 5.84 Å². The monoisotopic (exact) mass is 267 g/mol. The molecular formula is C9H9N5O3S. The molecule has 0 radical (unpaired) electrons. The number of nitro groups is 1. The number of hydrazine groups is 1. The molecule has 9 heteroatoms. The van der Waals surface area contributed by atoms with E-state index in [1.807, 2.05) is 5.43 Å². The van der Waals surface area contributed by atoms with Crippen LogP contribution in [0, 0.1) is 10.1 Å². The maximum absolute atomic E-state index is 11.2. The first-order chi connectivity index (χ1) is 8.60. The first-order valence-electron chi connectivity index (χ1n) is 4.86. The SMILES string of the molecule is NNC(=O)c1ccc(Cn2cc([N+](=O)[O-])cn2)s1. The third-order valence-electron chi connectivity index (χ3n) is 2.16. The molecule has 0 aliphatic heterocycles. The van der Waals surface area contributed by atoms with Gasteiger partial charge in [0.2, 0.25) is 0 Å². The summed E-state index contributed by atoms with van der Waals surface area (Å²) in [6.45, 7) is 0.371. The minimum Gasteiger partial charge on any atom is -0.289 e. The molecule has 0 bridgehead atoms. The van der Waals surface area contributed by atoms with Crippen LogP contribution in [-0.4, -0.2) is 20.6 Å². The van der Waals surface area contributed by atoms with E-state index in [0.29, 0.717) is 11.4 Å². The van der Waals surface area contributed by atoms with Gasteiger partial charge in [0.25, 0.3) is 5.91 Å². The summed E-state index contributed by atoms with van der Waals surface area (Å²) in [5, 5.41) is 14.4. The molecule has 1 amide bonds. The zero-order chi connectivity index (χ0) is 13.1. The van der Waals surface area contributed by atoms with Crippen LogP contribution in [0.25, 0.3) is 0 Å². The summed E-state index contributed by atoms with van der Waals surface area (Å²) < 4.78 is 1.44. The van der Waals surface area contributed by atoms with Crippen molar-refractivity contribution in [2.75, 3.05) is 0 Å². The molecule has 8 nitrogen and oxygen atoms in total. The maximum atomic E-state index is 11.2. The number of thiophene rings is 1. The van der Waals surface area contributed by atoms with Crippen LogP contribution in [0.4, 0.5) is 5.69 Å². The zero-order valence-corrected chi connectivity index (χ0v) is 9.88. The number of rotatable bonds is 4. The second-order valence-corrected chi connectivity index (χ2v) is 4.56. The van der Waals surface area contributed by atoms with Crippen molar-refractivity contribution < 1.29 is 9.72 Å². The Hall–Kier alpha value is -2.26. The molecule has 0 aliphatic rings. The Labute approximate surface area is 105 Å². The fraction of sp³-hybridized carbons (Fsp3) is 0.111. The van der Waals surface area contributed by atoms with Gasteiger partial charge in [-0.15, -0.1) is 11.3 Å². The highest BCUT2D eigenvalue weighted by Crippen LogP contribution is 2.18. The maximum Gasteiger partial charge on any atom is 0.307 e. The van der Waals surface area contributed by atoms with E-state index in [-0.39, 0.29) is 11.6 Å². The van der Waals surface area contributed by atoms with Gasteiger partial charge in [-0.3, -0.25) is 25.0 Å². The Morgan fingerprint density at radius 2 is 2.39 bits per heavy atom. The summed E-state index contributed by atoms with van der Waals surface area (Å²) in [5.41, 5.74) is 1.97. The van der Waals surface area contributed by atoms with E-state index in [1.165, 1.54) is 28.4 Å². The number of hydrogen-bond donors (Lipinski definition) is 2. The predicted octanol–water partition coefficient (Wildman–Crippen LogP) is 0.505.